The van der Waals surface area contributed by atoms with Crippen LogP contribution in [0.2, 0.25) is 5.02 Å². The predicted octanol–water partition coefficient (Wildman–Crippen LogP) is 3.74. The Kier molecular flexibility index (Phi) is 8.37. The number of anilines is 1. The molecule has 0 saturated heterocycles. The van der Waals surface area contributed by atoms with Gasteiger partial charge in [0.1, 0.15) is 37.9 Å². The summed E-state index contributed by atoms with van der Waals surface area (Å²) in [6.07, 6.45) is 8.26. The molecule has 0 radical (unpaired) electrons. The fraction of sp³-hybridized carbons (Fsp3) is 0.138. The molecule has 0 atom stereocenters. The van der Waals surface area contributed by atoms with Gasteiger partial charge in [-0.25, -0.2) is 5.84 Å². The van der Waals surface area contributed by atoms with Crippen LogP contribution in [0.5, 0.6) is 23.0 Å². The van der Waals surface area contributed by atoms with E-state index in [4.69, 9.17) is 42.1 Å². The quantitative estimate of drug-likeness (QED) is 0.163. The van der Waals surface area contributed by atoms with E-state index in [0.717, 1.165) is 0 Å². The van der Waals surface area contributed by atoms with Crippen molar-refractivity contribution in [3.8, 4) is 28.7 Å². The van der Waals surface area contributed by atoms with E-state index in [1.165, 1.54) is 34.1 Å². The minimum atomic E-state index is -0.271. The number of fused-ring (bicyclic) bond motifs is 1. The van der Waals surface area contributed by atoms with Gasteiger partial charge in [-0.3, -0.25) is 24.1 Å². The fourth-order valence-electron chi connectivity index (χ4n) is 4.10. The van der Waals surface area contributed by atoms with Crippen molar-refractivity contribution in [3.63, 3.8) is 0 Å². The van der Waals surface area contributed by atoms with Crippen molar-refractivity contribution in [3.05, 3.63) is 112 Å². The summed E-state index contributed by atoms with van der Waals surface area (Å²) < 4.78 is 24.5. The maximum atomic E-state index is 13.3. The smallest absolute Gasteiger partial charge is 0.261 e. The number of aromatic nitrogens is 2. The minimum absolute atomic E-state index is 0.0726. The number of ether oxygens (including phenoxy) is 4. The summed E-state index contributed by atoms with van der Waals surface area (Å²) in [6.45, 7) is 0.932. The first-order valence-electron chi connectivity index (χ1n) is 12.5. The van der Waals surface area contributed by atoms with E-state index < -0.39 is 0 Å². The minimum Gasteiger partial charge on any atom is -0.488 e. The van der Waals surface area contributed by atoms with Gasteiger partial charge in [-0.1, -0.05) is 11.6 Å². The van der Waals surface area contributed by atoms with Crippen LogP contribution in [0, 0.1) is 0 Å². The molecule has 4 aromatic rings. The van der Waals surface area contributed by atoms with Crippen molar-refractivity contribution < 1.29 is 23.7 Å². The molecule has 3 heterocycles. The van der Waals surface area contributed by atoms with E-state index in [1.54, 1.807) is 55.0 Å². The van der Waals surface area contributed by atoms with Gasteiger partial charge in [-0.05, 0) is 36.4 Å². The van der Waals surface area contributed by atoms with Crippen LogP contribution in [0.25, 0.3) is 5.69 Å². The molecule has 11 nitrogen and oxygen atoms in total. The van der Waals surface area contributed by atoms with Gasteiger partial charge in [0, 0.05) is 42.5 Å². The molecule has 0 saturated carbocycles. The number of rotatable bonds is 10. The Morgan fingerprint density at radius 2 is 1.83 bits per heavy atom. The van der Waals surface area contributed by atoms with Crippen molar-refractivity contribution in [1.29, 1.82) is 0 Å². The molecular weight excluding hydrogens is 550 g/mol. The van der Waals surface area contributed by atoms with E-state index in [9.17, 15) is 9.59 Å². The topological polar surface area (TPSA) is 144 Å². The molecule has 2 aromatic heterocycles. The van der Waals surface area contributed by atoms with Gasteiger partial charge in [0.2, 0.25) is 0 Å². The Morgan fingerprint density at radius 3 is 2.63 bits per heavy atom. The van der Waals surface area contributed by atoms with E-state index in [0.29, 0.717) is 53.5 Å². The lowest BCUT2D eigenvalue weighted by molar-refractivity contribution is 0.111. The Hall–Kier alpha value is -5.00. The summed E-state index contributed by atoms with van der Waals surface area (Å²) in [5.41, 5.74) is 7.66. The van der Waals surface area contributed by atoms with Gasteiger partial charge in [-0.15, -0.1) is 0 Å². The molecule has 0 spiro atoms. The highest BCUT2D eigenvalue weighted by Gasteiger charge is 2.16. The number of pyridine rings is 2. The number of halogens is 1. The second kappa shape index (κ2) is 12.5. The van der Waals surface area contributed by atoms with Crippen LogP contribution in [0.4, 0.5) is 5.69 Å². The van der Waals surface area contributed by atoms with Crippen molar-refractivity contribution in [2.24, 2.45) is 11.6 Å². The first kappa shape index (κ1) is 27.6. The third-order valence-electron chi connectivity index (χ3n) is 6.12. The Labute approximate surface area is 240 Å². The number of benzene rings is 2. The third kappa shape index (κ3) is 6.26. The highest BCUT2D eigenvalue weighted by Crippen LogP contribution is 2.34. The molecule has 0 bridgehead atoms. The molecule has 0 amide bonds. The number of nitrogens with zero attached hydrogens (tertiary/aromatic N) is 3. The third-order valence-corrected chi connectivity index (χ3v) is 6.42. The largest absolute Gasteiger partial charge is 0.488 e. The lowest BCUT2D eigenvalue weighted by Gasteiger charge is -2.19. The molecule has 0 fully saturated rings. The maximum absolute atomic E-state index is 13.3. The maximum Gasteiger partial charge on any atom is 0.261 e. The molecule has 1 aliphatic heterocycles. The van der Waals surface area contributed by atoms with Gasteiger partial charge in [0.15, 0.2) is 17.8 Å². The van der Waals surface area contributed by atoms with Crippen LogP contribution < -0.4 is 41.1 Å². The van der Waals surface area contributed by atoms with Crippen molar-refractivity contribution in [1.82, 2.24) is 9.55 Å². The van der Waals surface area contributed by atoms with Crippen LogP contribution in [-0.4, -0.2) is 29.1 Å². The molecule has 0 unspecified atom stereocenters. The highest BCUT2D eigenvalue weighted by atomic mass is 35.5. The average Bonchev–Trinajstić information content (AvgIpc) is 3.00. The standard InChI is InChI=1S/C29H26ClN5O6/c30-24-11-21(16-36)26(40-17-19-10-23(15-33-14-19)35(32)7-5-31)13-27(24)41-18-20-2-1-6-34(29(20)37)22-3-4-25-28(12-22)39-9-8-38-25/h1-7,10-16H,8-9,17-18,31-32H2/b7-5-. The molecule has 0 aliphatic carbocycles. The Balaban J connectivity index is 1.33. The van der Waals surface area contributed by atoms with E-state index in [2.05, 4.69) is 4.98 Å². The summed E-state index contributed by atoms with van der Waals surface area (Å²) in [7, 11) is 0. The second-order valence-corrected chi connectivity index (χ2v) is 9.26. The van der Waals surface area contributed by atoms with Gasteiger partial charge >= 0.3 is 0 Å². The lowest BCUT2D eigenvalue weighted by atomic mass is 10.2. The Morgan fingerprint density at radius 1 is 1.02 bits per heavy atom. The molecule has 210 valence electrons. The normalized spacial score (nSPS) is 12.2. The summed E-state index contributed by atoms with van der Waals surface area (Å²) in [5.74, 6) is 7.60. The summed E-state index contributed by atoms with van der Waals surface area (Å²) in [4.78, 5) is 29.1. The fourth-order valence-corrected chi connectivity index (χ4v) is 4.33. The number of hydrazine groups is 1. The van der Waals surface area contributed by atoms with Gasteiger partial charge in [0.05, 0.1) is 33.7 Å². The zero-order chi connectivity index (χ0) is 28.8. The molecule has 4 N–H and O–H groups in total. The molecule has 1 aliphatic rings. The summed E-state index contributed by atoms with van der Waals surface area (Å²) >= 11 is 6.39. The van der Waals surface area contributed by atoms with Gasteiger partial charge < -0.3 is 24.7 Å². The summed E-state index contributed by atoms with van der Waals surface area (Å²) in [5, 5.41) is 1.51. The number of carbonyl (C=O) groups excluding carboxylic acids is 1. The SMILES string of the molecule is N/C=C\N(N)c1cncc(COc2cc(OCc3cccn(-c4ccc5c(c4)OCCO5)c3=O)c(Cl)cc2C=O)c1. The van der Waals surface area contributed by atoms with Gasteiger partial charge in [0.25, 0.3) is 5.56 Å². The zero-order valence-corrected chi connectivity index (χ0v) is 22.5. The Bertz CT molecular complexity index is 1660. The molecule has 41 heavy (non-hydrogen) atoms. The van der Waals surface area contributed by atoms with E-state index in [1.807, 2.05) is 0 Å². The number of carbonyl (C=O) groups is 1. The van der Waals surface area contributed by atoms with Crippen LogP contribution in [-0.2, 0) is 13.2 Å². The number of nitrogens with two attached hydrogens (primary N) is 2. The number of hydrogen-bond acceptors (Lipinski definition) is 10. The van der Waals surface area contributed by atoms with Crippen LogP contribution in [0.15, 0.2) is 84.3 Å². The van der Waals surface area contributed by atoms with Crippen LogP contribution in [0.1, 0.15) is 21.5 Å². The zero-order valence-electron chi connectivity index (χ0n) is 21.7. The molecular formula is C29H26ClN5O6. The monoisotopic (exact) mass is 575 g/mol. The van der Waals surface area contributed by atoms with Crippen molar-refractivity contribution in [2.75, 3.05) is 18.2 Å². The second-order valence-electron chi connectivity index (χ2n) is 8.85. The van der Waals surface area contributed by atoms with Crippen LogP contribution in [0.3, 0.4) is 0 Å². The van der Waals surface area contributed by atoms with Crippen molar-refractivity contribution >= 4 is 23.6 Å². The molecule has 12 heteroatoms. The van der Waals surface area contributed by atoms with Crippen molar-refractivity contribution in [2.45, 2.75) is 13.2 Å². The predicted molar refractivity (Wildman–Crippen MR) is 153 cm³/mol. The lowest BCUT2D eigenvalue weighted by Crippen LogP contribution is -2.24. The summed E-state index contributed by atoms with van der Waals surface area (Å²) in [6, 6.07) is 13.4. The molecule has 2 aromatic carbocycles. The highest BCUT2D eigenvalue weighted by molar-refractivity contribution is 6.32. The number of hydrogen-bond donors (Lipinski definition) is 2. The first-order valence-corrected chi connectivity index (χ1v) is 12.9. The van der Waals surface area contributed by atoms with Crippen LogP contribution >= 0.6 is 11.6 Å². The van der Waals surface area contributed by atoms with Gasteiger partial charge in [-0.2, -0.15) is 0 Å². The van der Waals surface area contributed by atoms with E-state index >= 15 is 0 Å². The molecule has 5 rings (SSSR count). The van der Waals surface area contributed by atoms with E-state index in [-0.39, 0.29) is 40.9 Å². The number of aldehydes is 1. The average molecular weight is 576 g/mol. The first-order chi connectivity index (χ1) is 20.0.